The molecule has 2 rings (SSSR count). The van der Waals surface area contributed by atoms with Crippen LogP contribution in [0.3, 0.4) is 0 Å². The molecule has 0 unspecified atom stereocenters. The summed E-state index contributed by atoms with van der Waals surface area (Å²) < 4.78 is 0. The highest BCUT2D eigenvalue weighted by molar-refractivity contribution is 5.75. The van der Waals surface area contributed by atoms with Gasteiger partial charge in [-0.2, -0.15) is 0 Å². The Morgan fingerprint density at radius 2 is 1.94 bits per heavy atom. The molecule has 1 aromatic rings. The molecule has 0 atom stereocenters. The Labute approximate surface area is 108 Å². The second-order valence-electron chi connectivity index (χ2n) is 5.13. The molecule has 1 saturated carbocycles. The van der Waals surface area contributed by atoms with E-state index in [1.807, 2.05) is 37.2 Å². The van der Waals surface area contributed by atoms with Gasteiger partial charge in [0.25, 0.3) is 0 Å². The van der Waals surface area contributed by atoms with Gasteiger partial charge in [-0.05, 0) is 32.5 Å². The van der Waals surface area contributed by atoms with Gasteiger partial charge in [0, 0.05) is 13.1 Å². The highest BCUT2D eigenvalue weighted by Crippen LogP contribution is 2.45. The van der Waals surface area contributed by atoms with E-state index in [1.165, 1.54) is 5.56 Å². The van der Waals surface area contributed by atoms with E-state index in [4.69, 9.17) is 0 Å². The third-order valence-electron chi connectivity index (χ3n) is 3.27. The molecule has 0 aliphatic heterocycles. The molecule has 1 aliphatic rings. The molecular formula is C14H21N3O. The highest BCUT2D eigenvalue weighted by atomic mass is 16.2. The van der Waals surface area contributed by atoms with E-state index in [0.717, 1.165) is 19.4 Å². The number of benzene rings is 1. The SMILES string of the molecule is CN(C)CCNC(=O)NC1(c2ccccc2)CC1. The van der Waals surface area contributed by atoms with Crippen molar-refractivity contribution in [3.8, 4) is 0 Å². The standard InChI is InChI=1S/C14H21N3O/c1-17(2)11-10-15-13(18)16-14(8-9-14)12-6-4-3-5-7-12/h3-7H,8-11H2,1-2H3,(H2,15,16,18). The number of amides is 2. The number of carbonyl (C=O) groups is 1. The minimum atomic E-state index is -0.122. The van der Waals surface area contributed by atoms with Gasteiger partial charge in [0.05, 0.1) is 5.54 Å². The summed E-state index contributed by atoms with van der Waals surface area (Å²) >= 11 is 0. The van der Waals surface area contributed by atoms with E-state index < -0.39 is 0 Å². The maximum Gasteiger partial charge on any atom is 0.315 e. The minimum absolute atomic E-state index is 0.0711. The number of rotatable bonds is 5. The highest BCUT2D eigenvalue weighted by Gasteiger charge is 2.45. The molecule has 4 heteroatoms. The average Bonchev–Trinajstić information content (AvgIpc) is 3.10. The maximum absolute atomic E-state index is 11.8. The lowest BCUT2D eigenvalue weighted by Crippen LogP contribution is -2.44. The van der Waals surface area contributed by atoms with Gasteiger partial charge in [-0.25, -0.2) is 4.79 Å². The summed E-state index contributed by atoms with van der Waals surface area (Å²) in [5.74, 6) is 0. The van der Waals surface area contributed by atoms with E-state index in [9.17, 15) is 4.79 Å². The zero-order chi connectivity index (χ0) is 13.0. The Bertz CT molecular complexity index is 399. The number of nitrogens with zero attached hydrogens (tertiary/aromatic N) is 1. The predicted molar refractivity (Wildman–Crippen MR) is 72.4 cm³/mol. The summed E-state index contributed by atoms with van der Waals surface area (Å²) in [5.41, 5.74) is 1.08. The summed E-state index contributed by atoms with van der Waals surface area (Å²) in [6, 6.07) is 10.1. The molecule has 4 nitrogen and oxygen atoms in total. The van der Waals surface area contributed by atoms with Crippen LogP contribution in [-0.4, -0.2) is 38.1 Å². The maximum atomic E-state index is 11.8. The monoisotopic (exact) mass is 247 g/mol. The van der Waals surface area contributed by atoms with Crippen LogP contribution >= 0.6 is 0 Å². The van der Waals surface area contributed by atoms with Crippen molar-refractivity contribution >= 4 is 6.03 Å². The van der Waals surface area contributed by atoms with Crippen LogP contribution in [0.15, 0.2) is 30.3 Å². The third kappa shape index (κ3) is 3.23. The normalized spacial score (nSPS) is 16.4. The Morgan fingerprint density at radius 1 is 1.28 bits per heavy atom. The van der Waals surface area contributed by atoms with E-state index >= 15 is 0 Å². The van der Waals surface area contributed by atoms with Gasteiger partial charge < -0.3 is 15.5 Å². The summed E-state index contributed by atoms with van der Waals surface area (Å²) in [6.45, 7) is 1.52. The molecule has 2 N–H and O–H groups in total. The quantitative estimate of drug-likeness (QED) is 0.829. The number of hydrogen-bond donors (Lipinski definition) is 2. The molecule has 0 aromatic heterocycles. The van der Waals surface area contributed by atoms with Crippen molar-refractivity contribution in [2.24, 2.45) is 0 Å². The second kappa shape index (κ2) is 5.40. The van der Waals surface area contributed by atoms with Gasteiger partial charge in [0.15, 0.2) is 0 Å². The first-order valence-electron chi connectivity index (χ1n) is 6.39. The molecule has 0 radical (unpaired) electrons. The van der Waals surface area contributed by atoms with Gasteiger partial charge >= 0.3 is 6.03 Å². The molecule has 98 valence electrons. The van der Waals surface area contributed by atoms with Crippen molar-refractivity contribution in [2.45, 2.75) is 18.4 Å². The van der Waals surface area contributed by atoms with Gasteiger partial charge in [-0.1, -0.05) is 30.3 Å². The lowest BCUT2D eigenvalue weighted by molar-refractivity contribution is 0.234. The van der Waals surface area contributed by atoms with E-state index in [-0.39, 0.29) is 11.6 Å². The van der Waals surface area contributed by atoms with Crippen LogP contribution in [0, 0.1) is 0 Å². The predicted octanol–water partition coefficient (Wildman–Crippen LogP) is 1.54. The molecule has 1 fully saturated rings. The lowest BCUT2D eigenvalue weighted by atomic mass is 10.1. The fourth-order valence-electron chi connectivity index (χ4n) is 2.02. The van der Waals surface area contributed by atoms with E-state index in [2.05, 4.69) is 22.8 Å². The lowest BCUT2D eigenvalue weighted by Gasteiger charge is -2.19. The van der Waals surface area contributed by atoms with Crippen LogP contribution in [-0.2, 0) is 5.54 Å². The number of urea groups is 1. The minimum Gasteiger partial charge on any atom is -0.337 e. The Morgan fingerprint density at radius 3 is 2.50 bits per heavy atom. The first kappa shape index (κ1) is 12.9. The fourth-order valence-corrected chi connectivity index (χ4v) is 2.02. The van der Waals surface area contributed by atoms with Crippen molar-refractivity contribution in [3.05, 3.63) is 35.9 Å². The first-order chi connectivity index (χ1) is 8.62. The number of carbonyl (C=O) groups excluding carboxylic acids is 1. The Balaban J connectivity index is 1.84. The summed E-state index contributed by atoms with van der Waals surface area (Å²) in [5, 5.41) is 5.98. The van der Waals surface area contributed by atoms with Gasteiger partial charge in [-0.15, -0.1) is 0 Å². The fraction of sp³-hybridized carbons (Fsp3) is 0.500. The van der Waals surface area contributed by atoms with Gasteiger partial charge in [0.2, 0.25) is 0 Å². The van der Waals surface area contributed by atoms with Crippen molar-refractivity contribution in [1.29, 1.82) is 0 Å². The number of likely N-dealkylation sites (N-methyl/N-ethyl adjacent to an activating group) is 1. The molecule has 2 amide bonds. The molecular weight excluding hydrogens is 226 g/mol. The van der Waals surface area contributed by atoms with E-state index in [0.29, 0.717) is 6.54 Å². The average molecular weight is 247 g/mol. The largest absolute Gasteiger partial charge is 0.337 e. The summed E-state index contributed by atoms with van der Waals surface area (Å²) in [4.78, 5) is 13.9. The van der Waals surface area contributed by atoms with Gasteiger partial charge in [0.1, 0.15) is 0 Å². The summed E-state index contributed by atoms with van der Waals surface area (Å²) in [7, 11) is 3.98. The molecule has 0 spiro atoms. The zero-order valence-corrected chi connectivity index (χ0v) is 11.1. The molecule has 0 bridgehead atoms. The van der Waals surface area contributed by atoms with Crippen molar-refractivity contribution < 1.29 is 4.79 Å². The molecule has 18 heavy (non-hydrogen) atoms. The molecule has 0 heterocycles. The van der Waals surface area contributed by atoms with Crippen LogP contribution in [0.2, 0.25) is 0 Å². The number of nitrogens with one attached hydrogen (secondary N) is 2. The third-order valence-corrected chi connectivity index (χ3v) is 3.27. The van der Waals surface area contributed by atoms with Crippen molar-refractivity contribution in [2.75, 3.05) is 27.2 Å². The van der Waals surface area contributed by atoms with Crippen LogP contribution in [0.4, 0.5) is 4.79 Å². The topological polar surface area (TPSA) is 44.4 Å². The van der Waals surface area contributed by atoms with Crippen molar-refractivity contribution in [3.63, 3.8) is 0 Å². The smallest absolute Gasteiger partial charge is 0.315 e. The first-order valence-corrected chi connectivity index (χ1v) is 6.39. The van der Waals surface area contributed by atoms with Crippen molar-refractivity contribution in [1.82, 2.24) is 15.5 Å². The number of hydrogen-bond acceptors (Lipinski definition) is 2. The Kier molecular flexibility index (Phi) is 3.87. The summed E-state index contributed by atoms with van der Waals surface area (Å²) in [6.07, 6.45) is 2.05. The van der Waals surface area contributed by atoms with Crippen LogP contribution in [0.1, 0.15) is 18.4 Å². The molecule has 0 saturated heterocycles. The zero-order valence-electron chi connectivity index (χ0n) is 11.1. The molecule has 1 aromatic carbocycles. The second-order valence-corrected chi connectivity index (χ2v) is 5.13. The van der Waals surface area contributed by atoms with Crippen LogP contribution in [0.5, 0.6) is 0 Å². The van der Waals surface area contributed by atoms with Crippen LogP contribution in [0.25, 0.3) is 0 Å². The van der Waals surface area contributed by atoms with E-state index in [1.54, 1.807) is 0 Å². The molecule has 1 aliphatic carbocycles. The van der Waals surface area contributed by atoms with Crippen LogP contribution < -0.4 is 10.6 Å². The Hall–Kier alpha value is -1.55. The van der Waals surface area contributed by atoms with Gasteiger partial charge in [-0.3, -0.25) is 0 Å².